The second-order valence-electron chi connectivity index (χ2n) is 8.10. The van der Waals surface area contributed by atoms with Crippen molar-refractivity contribution in [3.05, 3.63) is 97.9 Å². The van der Waals surface area contributed by atoms with E-state index in [-0.39, 0.29) is 5.75 Å². The van der Waals surface area contributed by atoms with Gasteiger partial charge >= 0.3 is 6.36 Å². The summed E-state index contributed by atoms with van der Waals surface area (Å²) in [6, 6.07) is 14.8. The number of halogens is 3. The highest BCUT2D eigenvalue weighted by atomic mass is 32.2. The number of hydrogen-bond acceptors (Lipinski definition) is 6. The fraction of sp³-hybridized carbons (Fsp3) is 0.192. The van der Waals surface area contributed by atoms with Crippen LogP contribution in [0.15, 0.2) is 92.2 Å². The van der Waals surface area contributed by atoms with Crippen molar-refractivity contribution in [3.8, 4) is 5.75 Å². The van der Waals surface area contributed by atoms with Gasteiger partial charge in [0.15, 0.2) is 12.7 Å². The van der Waals surface area contributed by atoms with Gasteiger partial charge in [-0.15, -0.1) is 13.2 Å². The zero-order chi connectivity index (χ0) is 25.4. The van der Waals surface area contributed by atoms with Crippen molar-refractivity contribution in [2.24, 2.45) is 0 Å². The van der Waals surface area contributed by atoms with E-state index < -0.39 is 6.36 Å². The van der Waals surface area contributed by atoms with Crippen LogP contribution >= 0.6 is 34.9 Å². The Labute approximate surface area is 220 Å². The monoisotopic (exact) mass is 546 g/mol. The Balaban J connectivity index is 1.44. The number of thiazole rings is 1. The summed E-state index contributed by atoms with van der Waals surface area (Å²) in [5.41, 5.74) is 2.95. The third-order valence-electron chi connectivity index (χ3n) is 5.76. The molecule has 1 fully saturated rings. The van der Waals surface area contributed by atoms with Gasteiger partial charge in [0.05, 0.1) is 37.8 Å². The van der Waals surface area contributed by atoms with Gasteiger partial charge in [-0.3, -0.25) is 0 Å². The number of alkyl halides is 3. The Morgan fingerprint density at radius 2 is 1.89 bits per heavy atom. The van der Waals surface area contributed by atoms with Gasteiger partial charge < -0.3 is 14.5 Å². The van der Waals surface area contributed by atoms with Crippen LogP contribution in [0.5, 0.6) is 5.75 Å². The molecular weight excluding hydrogens is 524 g/mol. The molecule has 0 saturated carbocycles. The van der Waals surface area contributed by atoms with E-state index in [0.717, 1.165) is 49.3 Å². The summed E-state index contributed by atoms with van der Waals surface area (Å²) in [4.78, 5) is 5.89. The van der Waals surface area contributed by atoms with Crippen LogP contribution in [-0.4, -0.2) is 24.9 Å². The highest BCUT2D eigenvalue weighted by Gasteiger charge is 2.36. The number of fused-ring (bicyclic) bond motifs is 1. The van der Waals surface area contributed by atoms with Crippen LogP contribution in [0.1, 0.15) is 17.5 Å². The fourth-order valence-corrected chi connectivity index (χ4v) is 7.51. The number of hydrogen-bond donors (Lipinski definition) is 0. The summed E-state index contributed by atoms with van der Waals surface area (Å²) in [5.74, 6) is -0.220. The summed E-state index contributed by atoms with van der Waals surface area (Å²) < 4.78 is 44.4. The van der Waals surface area contributed by atoms with Gasteiger partial charge in [-0.25, -0.2) is 0 Å². The molecule has 0 N–H and O–H groups in total. The molecule has 1 saturated heterocycles. The Kier molecular flexibility index (Phi) is 6.84. The molecule has 0 radical (unpaired) electrons. The summed E-state index contributed by atoms with van der Waals surface area (Å²) in [6.45, 7) is 7.98. The van der Waals surface area contributed by atoms with Crippen LogP contribution < -0.4 is 14.2 Å². The zero-order valence-corrected chi connectivity index (χ0v) is 22.0. The first-order valence-corrected chi connectivity index (χ1v) is 13.7. The average molecular weight is 547 g/mol. The first kappa shape index (κ1) is 24.9. The molecule has 0 aliphatic carbocycles. The number of benzene rings is 2. The SMILES string of the molecule is C=C1C(=C2Sc3cc(OC(F)(F)F)ccc3N2C)SC(=Cc2scc[n+]2Cc2ccccc2)N1CC. The number of thioether (sulfide) groups is 2. The second-order valence-corrected chi connectivity index (χ2v) is 11.1. The first-order valence-electron chi connectivity index (χ1n) is 11.2. The maximum atomic E-state index is 12.7. The predicted octanol–water partition coefficient (Wildman–Crippen LogP) is 7.27. The molecule has 36 heavy (non-hydrogen) atoms. The topological polar surface area (TPSA) is 19.6 Å². The number of anilines is 1. The Bertz CT molecular complexity index is 1370. The molecule has 2 aliphatic heterocycles. The lowest BCUT2D eigenvalue weighted by atomic mass is 10.2. The quantitative estimate of drug-likeness (QED) is 0.313. The third-order valence-corrected chi connectivity index (χ3v) is 9.14. The van der Waals surface area contributed by atoms with Gasteiger partial charge in [0, 0.05) is 24.1 Å². The molecule has 10 heteroatoms. The average Bonchev–Trinajstić information content (AvgIpc) is 3.49. The molecule has 3 heterocycles. The molecular formula is C26H23F3N3OS3+. The maximum absolute atomic E-state index is 12.7. The van der Waals surface area contributed by atoms with E-state index in [4.69, 9.17) is 0 Å². The Hall–Kier alpha value is -2.82. The molecule has 2 aromatic carbocycles. The van der Waals surface area contributed by atoms with Gasteiger partial charge in [-0.05, 0) is 25.1 Å². The molecule has 5 rings (SSSR count). The van der Waals surface area contributed by atoms with Crippen LogP contribution in [-0.2, 0) is 6.54 Å². The summed E-state index contributed by atoms with van der Waals surface area (Å²) in [6.07, 6.45) is -0.449. The van der Waals surface area contributed by atoms with Crippen molar-refractivity contribution < 1.29 is 22.5 Å². The molecule has 0 bridgehead atoms. The van der Waals surface area contributed by atoms with Crippen LogP contribution in [0.3, 0.4) is 0 Å². The highest BCUT2D eigenvalue weighted by Crippen LogP contribution is 2.55. The maximum Gasteiger partial charge on any atom is 0.573 e. The lowest BCUT2D eigenvalue weighted by molar-refractivity contribution is -0.685. The number of ether oxygens (including phenoxy) is 1. The van der Waals surface area contributed by atoms with Gasteiger partial charge in [0.2, 0.25) is 0 Å². The molecule has 3 aromatic rings. The van der Waals surface area contributed by atoms with Crippen LogP contribution in [0, 0.1) is 0 Å². The second kappa shape index (κ2) is 9.91. The largest absolute Gasteiger partial charge is 0.573 e. The molecule has 0 unspecified atom stereocenters. The van der Waals surface area contributed by atoms with Gasteiger partial charge in [-0.1, -0.05) is 71.8 Å². The fourth-order valence-electron chi connectivity index (χ4n) is 4.07. The summed E-state index contributed by atoms with van der Waals surface area (Å²) in [7, 11) is 1.92. The normalized spacial score (nSPS) is 18.9. The predicted molar refractivity (Wildman–Crippen MR) is 142 cm³/mol. The number of nitrogens with zero attached hydrogens (tertiary/aromatic N) is 3. The van der Waals surface area contributed by atoms with E-state index in [1.807, 2.05) is 30.1 Å². The van der Waals surface area contributed by atoms with Gasteiger partial charge in [0.1, 0.15) is 5.75 Å². The van der Waals surface area contributed by atoms with Crippen LogP contribution in [0.4, 0.5) is 18.9 Å². The Morgan fingerprint density at radius 3 is 2.61 bits per heavy atom. The van der Waals surface area contributed by atoms with Gasteiger partial charge in [0.25, 0.3) is 5.01 Å². The smallest absolute Gasteiger partial charge is 0.406 e. The minimum atomic E-state index is -4.72. The standard InChI is InChI=1S/C26H23F3N3OS3/c1-4-32-17(2)24(25-30(3)20-11-10-19(14-21(20)35-25)33-26(27,28)29)36-23(32)15-22-31(12-13-34-22)16-18-8-6-5-7-9-18/h5-15H,2,4,16H2,1,3H3/q+1. The van der Waals surface area contributed by atoms with Crippen molar-refractivity contribution in [3.63, 3.8) is 0 Å². The van der Waals surface area contributed by atoms with Crippen molar-refractivity contribution in [2.75, 3.05) is 18.5 Å². The minimum Gasteiger partial charge on any atom is -0.406 e. The number of aromatic nitrogens is 1. The van der Waals surface area contributed by atoms with E-state index in [2.05, 4.69) is 57.5 Å². The highest BCUT2D eigenvalue weighted by molar-refractivity contribution is 8.09. The number of likely N-dealkylation sites (N-methyl/N-ethyl adjacent to an activating group) is 1. The molecule has 0 spiro atoms. The molecule has 1 aromatic heterocycles. The summed E-state index contributed by atoms with van der Waals surface area (Å²) >= 11 is 4.75. The molecule has 0 atom stereocenters. The lowest BCUT2D eigenvalue weighted by Crippen LogP contribution is -2.34. The molecule has 2 aliphatic rings. The third kappa shape index (κ3) is 5.02. The van der Waals surface area contributed by atoms with E-state index in [1.54, 1.807) is 29.2 Å². The van der Waals surface area contributed by atoms with E-state index in [1.165, 1.54) is 29.5 Å². The zero-order valence-electron chi connectivity index (χ0n) is 19.6. The Morgan fingerprint density at radius 1 is 1.11 bits per heavy atom. The number of rotatable bonds is 5. The van der Waals surface area contributed by atoms with Crippen LogP contribution in [0.2, 0.25) is 0 Å². The first-order chi connectivity index (χ1) is 17.2. The minimum absolute atomic E-state index is 0.220. The van der Waals surface area contributed by atoms with Crippen molar-refractivity contribution in [2.45, 2.75) is 24.7 Å². The van der Waals surface area contributed by atoms with E-state index in [9.17, 15) is 13.2 Å². The van der Waals surface area contributed by atoms with E-state index >= 15 is 0 Å². The van der Waals surface area contributed by atoms with Crippen LogP contribution in [0.25, 0.3) is 6.08 Å². The lowest BCUT2D eigenvalue weighted by Gasteiger charge is -2.18. The molecule has 186 valence electrons. The summed E-state index contributed by atoms with van der Waals surface area (Å²) in [5, 5.41) is 5.22. The molecule has 4 nitrogen and oxygen atoms in total. The van der Waals surface area contributed by atoms with E-state index in [0.29, 0.717) is 0 Å². The van der Waals surface area contributed by atoms with Crippen molar-refractivity contribution in [1.82, 2.24) is 4.90 Å². The van der Waals surface area contributed by atoms with Crippen molar-refractivity contribution >= 4 is 46.6 Å². The molecule has 0 amide bonds. The van der Waals surface area contributed by atoms with Crippen molar-refractivity contribution in [1.29, 1.82) is 0 Å². The van der Waals surface area contributed by atoms with Gasteiger partial charge in [-0.2, -0.15) is 4.57 Å².